The topological polar surface area (TPSA) is 86.4 Å². The molecule has 1 aliphatic rings. The lowest BCUT2D eigenvalue weighted by molar-refractivity contribution is 0.0991. The van der Waals surface area contributed by atoms with Gasteiger partial charge in [0.05, 0.1) is 28.4 Å². The Hall–Kier alpha value is -2.97. The lowest BCUT2D eigenvalue weighted by Crippen LogP contribution is -2.33. The van der Waals surface area contributed by atoms with Crippen LogP contribution in [0.2, 0.25) is 0 Å². The highest BCUT2D eigenvalue weighted by Crippen LogP contribution is 2.37. The van der Waals surface area contributed by atoms with Crippen molar-refractivity contribution in [2.24, 2.45) is 0 Å². The molecule has 1 atom stereocenters. The Morgan fingerprint density at radius 1 is 1.10 bits per heavy atom. The van der Waals surface area contributed by atoms with Crippen molar-refractivity contribution in [3.05, 3.63) is 78.1 Å². The number of sulfonamides is 1. The molecule has 0 aliphatic carbocycles. The molecule has 4 rings (SSSR count). The fraction of sp³-hybridized carbons (Fsp3) is 0.238. The van der Waals surface area contributed by atoms with E-state index in [2.05, 4.69) is 10.2 Å². The van der Waals surface area contributed by atoms with Gasteiger partial charge in [0.2, 0.25) is 10.0 Å². The van der Waals surface area contributed by atoms with E-state index in [9.17, 15) is 13.2 Å². The summed E-state index contributed by atoms with van der Waals surface area (Å²) in [7, 11) is -1.97. The lowest BCUT2D eigenvalue weighted by Gasteiger charge is -2.25. The molecule has 7 nitrogen and oxygen atoms in total. The van der Waals surface area contributed by atoms with Crippen LogP contribution in [0.4, 0.5) is 5.69 Å². The van der Waals surface area contributed by atoms with E-state index >= 15 is 0 Å². The van der Waals surface area contributed by atoms with Crippen molar-refractivity contribution in [2.45, 2.75) is 23.8 Å². The summed E-state index contributed by atoms with van der Waals surface area (Å²) in [5.74, 6) is -0.232. The summed E-state index contributed by atoms with van der Waals surface area (Å²) in [6, 6.07) is 17.2. The maximum atomic E-state index is 13.2. The first-order chi connectivity index (χ1) is 14.0. The minimum absolute atomic E-state index is 0.232. The summed E-state index contributed by atoms with van der Waals surface area (Å²) >= 11 is 0. The molecule has 1 amide bonds. The number of hydrogen-bond donors (Lipinski definition) is 1. The van der Waals surface area contributed by atoms with Crippen LogP contribution in [-0.2, 0) is 10.0 Å². The second-order valence-electron chi connectivity index (χ2n) is 6.98. The first-order valence-corrected chi connectivity index (χ1v) is 10.9. The van der Waals surface area contributed by atoms with Crippen molar-refractivity contribution >= 4 is 21.6 Å². The molecule has 3 aromatic rings. The van der Waals surface area contributed by atoms with E-state index < -0.39 is 16.1 Å². The minimum Gasteiger partial charge on any atom is -0.311 e. The third kappa shape index (κ3) is 3.56. The Morgan fingerprint density at radius 2 is 1.76 bits per heavy atom. The number of anilines is 1. The number of carbonyl (C=O) groups excluding carboxylic acids is 1. The van der Waals surface area contributed by atoms with E-state index in [0.717, 1.165) is 12.1 Å². The van der Waals surface area contributed by atoms with Crippen molar-refractivity contribution in [1.82, 2.24) is 14.5 Å². The number of benzene rings is 2. The molecular formula is C21H22N4O3S. The standard InChI is InChI=1S/C21H22N4O3S/c1-24(16-9-4-2-5-10-16)21(26)18-15-22-23-20(18)19-13-8-14-25(19)29(27,28)17-11-6-3-7-12-17/h2-7,9-12,15,19H,8,13-14H2,1H3,(H,22,23). The zero-order valence-electron chi connectivity index (χ0n) is 16.0. The van der Waals surface area contributed by atoms with Gasteiger partial charge in [-0.15, -0.1) is 0 Å². The number of aromatic nitrogens is 2. The van der Waals surface area contributed by atoms with Crippen molar-refractivity contribution < 1.29 is 13.2 Å². The van der Waals surface area contributed by atoms with Gasteiger partial charge >= 0.3 is 0 Å². The third-order valence-corrected chi connectivity index (χ3v) is 7.16. The largest absolute Gasteiger partial charge is 0.311 e. The summed E-state index contributed by atoms with van der Waals surface area (Å²) in [5.41, 5.74) is 1.68. The number of carbonyl (C=O) groups is 1. The van der Waals surface area contributed by atoms with E-state index in [4.69, 9.17) is 0 Å². The zero-order valence-corrected chi connectivity index (χ0v) is 16.8. The number of nitrogens with one attached hydrogen (secondary N) is 1. The number of para-hydroxylation sites is 1. The molecule has 0 radical (unpaired) electrons. The van der Waals surface area contributed by atoms with Crippen LogP contribution in [0, 0.1) is 0 Å². The highest BCUT2D eigenvalue weighted by Gasteiger charge is 2.39. The number of nitrogens with zero attached hydrogens (tertiary/aromatic N) is 3. The second kappa shape index (κ2) is 7.81. The summed E-state index contributed by atoms with van der Waals surface area (Å²) in [4.78, 5) is 14.9. The first kappa shape index (κ1) is 19.4. The van der Waals surface area contributed by atoms with Gasteiger partial charge in [0.15, 0.2) is 0 Å². The van der Waals surface area contributed by atoms with Gasteiger partial charge in [-0.2, -0.15) is 9.40 Å². The van der Waals surface area contributed by atoms with Gasteiger partial charge in [0.1, 0.15) is 0 Å². The summed E-state index contributed by atoms with van der Waals surface area (Å²) in [5, 5.41) is 6.94. The molecule has 8 heteroatoms. The number of amides is 1. The van der Waals surface area contributed by atoms with Gasteiger partial charge in [-0.05, 0) is 37.1 Å². The Labute approximate surface area is 170 Å². The summed E-state index contributed by atoms with van der Waals surface area (Å²) in [6.07, 6.45) is 2.82. The Bertz CT molecular complexity index is 1100. The smallest absolute Gasteiger partial charge is 0.261 e. The van der Waals surface area contributed by atoms with Crippen LogP contribution in [-0.4, -0.2) is 42.4 Å². The molecule has 0 bridgehead atoms. The van der Waals surface area contributed by atoms with Gasteiger partial charge in [-0.25, -0.2) is 8.42 Å². The minimum atomic E-state index is -3.67. The van der Waals surface area contributed by atoms with Crippen molar-refractivity contribution in [3.63, 3.8) is 0 Å². The number of H-pyrrole nitrogens is 1. The van der Waals surface area contributed by atoms with Gasteiger partial charge in [-0.3, -0.25) is 9.89 Å². The first-order valence-electron chi connectivity index (χ1n) is 9.43. The molecule has 29 heavy (non-hydrogen) atoms. The third-order valence-electron chi connectivity index (χ3n) is 5.23. The molecule has 1 fully saturated rings. The van der Waals surface area contributed by atoms with E-state index in [1.165, 1.54) is 10.5 Å². The molecule has 0 spiro atoms. The van der Waals surface area contributed by atoms with Gasteiger partial charge in [-0.1, -0.05) is 36.4 Å². The molecule has 1 aliphatic heterocycles. The van der Waals surface area contributed by atoms with Crippen LogP contribution in [0.25, 0.3) is 0 Å². The predicted octanol–water partition coefficient (Wildman–Crippen LogP) is 3.21. The fourth-order valence-electron chi connectivity index (χ4n) is 3.71. The predicted molar refractivity (Wildman–Crippen MR) is 110 cm³/mol. The van der Waals surface area contributed by atoms with Crippen LogP contribution in [0.5, 0.6) is 0 Å². The van der Waals surface area contributed by atoms with Crippen LogP contribution < -0.4 is 4.90 Å². The van der Waals surface area contributed by atoms with Crippen molar-refractivity contribution in [2.75, 3.05) is 18.5 Å². The molecule has 1 saturated heterocycles. The van der Waals surface area contributed by atoms with Crippen LogP contribution in [0.1, 0.15) is 34.9 Å². The van der Waals surface area contributed by atoms with Crippen LogP contribution >= 0.6 is 0 Å². The summed E-state index contributed by atoms with van der Waals surface area (Å²) in [6.45, 7) is 0.406. The average Bonchev–Trinajstić information content (AvgIpc) is 3.43. The lowest BCUT2D eigenvalue weighted by atomic mass is 10.1. The maximum absolute atomic E-state index is 13.2. The monoisotopic (exact) mass is 410 g/mol. The van der Waals surface area contributed by atoms with Crippen molar-refractivity contribution in [1.29, 1.82) is 0 Å². The average molecular weight is 410 g/mol. The van der Waals surface area contributed by atoms with Gasteiger partial charge in [0.25, 0.3) is 5.91 Å². The fourth-order valence-corrected chi connectivity index (χ4v) is 5.40. The molecule has 1 N–H and O–H groups in total. The Kier molecular flexibility index (Phi) is 5.21. The molecule has 150 valence electrons. The van der Waals surface area contributed by atoms with Gasteiger partial charge in [0, 0.05) is 19.3 Å². The zero-order chi connectivity index (χ0) is 20.4. The SMILES string of the molecule is CN(C(=O)c1cn[nH]c1C1CCCN1S(=O)(=O)c1ccccc1)c1ccccc1. The van der Waals surface area contributed by atoms with Crippen molar-refractivity contribution in [3.8, 4) is 0 Å². The molecule has 2 heterocycles. The molecule has 2 aromatic carbocycles. The van der Waals surface area contributed by atoms with E-state index in [0.29, 0.717) is 24.2 Å². The number of rotatable bonds is 5. The van der Waals surface area contributed by atoms with Crippen LogP contribution in [0.3, 0.4) is 0 Å². The molecule has 1 aromatic heterocycles. The Balaban J connectivity index is 1.66. The number of hydrogen-bond acceptors (Lipinski definition) is 4. The second-order valence-corrected chi connectivity index (χ2v) is 8.87. The molecular weight excluding hydrogens is 388 g/mol. The van der Waals surface area contributed by atoms with E-state index in [1.807, 2.05) is 30.3 Å². The Morgan fingerprint density at radius 3 is 2.45 bits per heavy atom. The quantitative estimate of drug-likeness (QED) is 0.700. The molecule has 0 saturated carbocycles. The van der Waals surface area contributed by atoms with E-state index in [-0.39, 0.29) is 10.8 Å². The van der Waals surface area contributed by atoms with Gasteiger partial charge < -0.3 is 4.90 Å². The number of aromatic amines is 1. The maximum Gasteiger partial charge on any atom is 0.261 e. The summed E-state index contributed by atoms with van der Waals surface area (Å²) < 4.78 is 27.8. The molecule has 1 unspecified atom stereocenters. The highest BCUT2D eigenvalue weighted by molar-refractivity contribution is 7.89. The van der Waals surface area contributed by atoms with Crippen LogP contribution in [0.15, 0.2) is 71.8 Å². The highest BCUT2D eigenvalue weighted by atomic mass is 32.2. The normalized spacial score (nSPS) is 17.3. The van der Waals surface area contributed by atoms with E-state index in [1.54, 1.807) is 42.3 Å².